The molecule has 3 rings (SSSR count). The normalized spacial score (nSPS) is 12.0. The fourth-order valence-electron chi connectivity index (χ4n) is 2.22. The van der Waals surface area contributed by atoms with Gasteiger partial charge < -0.3 is 0 Å². The Labute approximate surface area is 151 Å². The fraction of sp³-hybridized carbons (Fsp3) is 0.0625. The average Bonchev–Trinajstić information content (AvgIpc) is 2.94. The maximum atomic E-state index is 13.4. The van der Waals surface area contributed by atoms with E-state index in [4.69, 9.17) is 34.8 Å². The molecule has 0 bridgehead atoms. The zero-order valence-corrected chi connectivity index (χ0v) is 14.9. The maximum Gasteiger partial charge on any atom is 0.189 e. The van der Waals surface area contributed by atoms with Crippen molar-refractivity contribution in [3.8, 4) is 16.9 Å². The van der Waals surface area contributed by atoms with Crippen molar-refractivity contribution in [1.82, 2.24) is 4.57 Å². The molecule has 1 heterocycles. The lowest BCUT2D eigenvalue weighted by Gasteiger charge is -2.11. The Balaban J connectivity index is 2.28. The molecule has 0 amide bonds. The highest BCUT2D eigenvalue weighted by Gasteiger charge is 2.14. The molecule has 0 radical (unpaired) electrons. The third kappa shape index (κ3) is 3.17. The van der Waals surface area contributed by atoms with Gasteiger partial charge in [-0.2, -0.15) is 0 Å². The van der Waals surface area contributed by atoms with Gasteiger partial charge in [-0.25, -0.2) is 4.39 Å². The molecular weight excluding hydrogens is 378 g/mol. The van der Waals surface area contributed by atoms with Crippen LogP contribution >= 0.6 is 46.1 Å². The van der Waals surface area contributed by atoms with Gasteiger partial charge in [0.25, 0.3) is 0 Å². The van der Waals surface area contributed by atoms with Crippen LogP contribution in [0.1, 0.15) is 0 Å². The van der Waals surface area contributed by atoms with Crippen LogP contribution in [0.2, 0.25) is 15.1 Å². The summed E-state index contributed by atoms with van der Waals surface area (Å²) in [5, 5.41) is 3.05. The summed E-state index contributed by atoms with van der Waals surface area (Å²) in [4.78, 5) is 5.03. The van der Waals surface area contributed by atoms with Gasteiger partial charge in [0.15, 0.2) is 4.80 Å². The summed E-state index contributed by atoms with van der Waals surface area (Å²) in [5.41, 5.74) is 2.34. The standard InChI is InChI=1S/C16H10Cl3FN2S/c1-21-16-22(14-5-3-10(17)7-12(14)19)15(8-23-16)9-2-4-13(20)11(18)6-9/h2-8H,1H3. The number of nitrogens with zero attached hydrogens (tertiary/aromatic N) is 2. The van der Waals surface area contributed by atoms with Crippen molar-refractivity contribution in [2.24, 2.45) is 4.99 Å². The Morgan fingerprint density at radius 1 is 1.04 bits per heavy atom. The Bertz CT molecular complexity index is 947. The number of benzene rings is 2. The van der Waals surface area contributed by atoms with Crippen LogP contribution in [0.25, 0.3) is 16.9 Å². The first kappa shape index (κ1) is 16.5. The number of hydrogen-bond donors (Lipinski definition) is 0. The molecule has 0 fully saturated rings. The highest BCUT2D eigenvalue weighted by molar-refractivity contribution is 7.07. The Kier molecular flexibility index (Phi) is 4.78. The van der Waals surface area contributed by atoms with Crippen LogP contribution < -0.4 is 4.80 Å². The van der Waals surface area contributed by atoms with Gasteiger partial charge in [0.05, 0.1) is 21.4 Å². The van der Waals surface area contributed by atoms with Crippen molar-refractivity contribution in [2.45, 2.75) is 0 Å². The van der Waals surface area contributed by atoms with E-state index in [-0.39, 0.29) is 5.02 Å². The monoisotopic (exact) mass is 386 g/mol. The van der Waals surface area contributed by atoms with E-state index in [9.17, 15) is 4.39 Å². The number of rotatable bonds is 2. The third-order valence-corrected chi connectivity index (χ3v) is 5.01. The summed E-state index contributed by atoms with van der Waals surface area (Å²) in [6.07, 6.45) is 0. The molecule has 7 heteroatoms. The van der Waals surface area contributed by atoms with Crippen molar-refractivity contribution in [2.75, 3.05) is 7.05 Å². The summed E-state index contributed by atoms with van der Waals surface area (Å²) in [6, 6.07) is 9.84. The lowest BCUT2D eigenvalue weighted by Crippen LogP contribution is -2.14. The topological polar surface area (TPSA) is 17.3 Å². The van der Waals surface area contributed by atoms with Gasteiger partial charge in [-0.15, -0.1) is 11.3 Å². The number of halogens is 4. The van der Waals surface area contributed by atoms with Crippen molar-refractivity contribution in [3.05, 3.63) is 67.5 Å². The average molecular weight is 388 g/mol. The van der Waals surface area contributed by atoms with Crippen molar-refractivity contribution >= 4 is 46.1 Å². The molecule has 0 atom stereocenters. The summed E-state index contributed by atoms with van der Waals surface area (Å²) in [6.45, 7) is 0. The summed E-state index contributed by atoms with van der Waals surface area (Å²) < 4.78 is 15.3. The minimum absolute atomic E-state index is 0.0671. The van der Waals surface area contributed by atoms with Crippen LogP contribution in [0.15, 0.2) is 46.8 Å². The molecule has 118 valence electrons. The predicted molar refractivity (Wildman–Crippen MR) is 95.6 cm³/mol. The van der Waals surface area contributed by atoms with Gasteiger partial charge in [0, 0.05) is 23.0 Å². The number of aromatic nitrogens is 1. The molecular formula is C16H10Cl3FN2S. The van der Waals surface area contributed by atoms with Crippen molar-refractivity contribution in [3.63, 3.8) is 0 Å². The Morgan fingerprint density at radius 3 is 2.48 bits per heavy atom. The quantitative estimate of drug-likeness (QED) is 0.526. The minimum Gasteiger partial charge on any atom is -0.284 e. The number of hydrogen-bond acceptors (Lipinski definition) is 2. The number of thiazole rings is 1. The van der Waals surface area contributed by atoms with Gasteiger partial charge in [-0.3, -0.25) is 9.56 Å². The minimum atomic E-state index is -0.456. The highest BCUT2D eigenvalue weighted by atomic mass is 35.5. The second-order valence-electron chi connectivity index (χ2n) is 4.69. The second-order valence-corrected chi connectivity index (χ2v) is 6.77. The zero-order chi connectivity index (χ0) is 16.6. The lowest BCUT2D eigenvalue weighted by atomic mass is 10.1. The molecule has 0 aliphatic heterocycles. The predicted octanol–water partition coefficient (Wildman–Crippen LogP) is 5.84. The molecule has 0 spiro atoms. The second kappa shape index (κ2) is 6.65. The molecule has 0 aliphatic carbocycles. The largest absolute Gasteiger partial charge is 0.284 e. The zero-order valence-electron chi connectivity index (χ0n) is 11.9. The van der Waals surface area contributed by atoms with Gasteiger partial charge in [0.2, 0.25) is 0 Å². The van der Waals surface area contributed by atoms with E-state index in [2.05, 4.69) is 4.99 Å². The molecule has 1 aromatic heterocycles. The van der Waals surface area contributed by atoms with E-state index in [1.165, 1.54) is 17.4 Å². The van der Waals surface area contributed by atoms with E-state index in [0.717, 1.165) is 21.7 Å². The molecule has 0 saturated carbocycles. The molecule has 0 saturated heterocycles. The van der Waals surface area contributed by atoms with E-state index >= 15 is 0 Å². The van der Waals surface area contributed by atoms with E-state index < -0.39 is 5.82 Å². The van der Waals surface area contributed by atoms with Crippen LogP contribution in [-0.4, -0.2) is 11.6 Å². The first-order valence-electron chi connectivity index (χ1n) is 6.55. The first-order chi connectivity index (χ1) is 11.0. The summed E-state index contributed by atoms with van der Waals surface area (Å²) >= 11 is 19.7. The van der Waals surface area contributed by atoms with Gasteiger partial charge in [-0.05, 0) is 36.4 Å². The molecule has 23 heavy (non-hydrogen) atoms. The van der Waals surface area contributed by atoms with Crippen molar-refractivity contribution < 1.29 is 4.39 Å². The van der Waals surface area contributed by atoms with E-state index in [1.807, 2.05) is 16.0 Å². The lowest BCUT2D eigenvalue weighted by molar-refractivity contribution is 0.628. The SMILES string of the molecule is CN=c1scc(-c2ccc(F)c(Cl)c2)n1-c1ccc(Cl)cc1Cl. The fourth-order valence-corrected chi connectivity index (χ4v) is 3.76. The Morgan fingerprint density at radius 2 is 1.83 bits per heavy atom. The van der Waals surface area contributed by atoms with Crippen molar-refractivity contribution in [1.29, 1.82) is 0 Å². The Hall–Kier alpha value is -1.33. The molecule has 0 aliphatic rings. The summed E-state index contributed by atoms with van der Waals surface area (Å²) in [7, 11) is 1.70. The van der Waals surface area contributed by atoms with Crippen LogP contribution in [0.3, 0.4) is 0 Å². The van der Waals surface area contributed by atoms with Crippen LogP contribution in [0.4, 0.5) is 4.39 Å². The van der Waals surface area contributed by atoms with E-state index in [1.54, 1.807) is 31.3 Å². The van der Waals surface area contributed by atoms with Crippen LogP contribution in [0.5, 0.6) is 0 Å². The molecule has 0 N–H and O–H groups in total. The highest BCUT2D eigenvalue weighted by Crippen LogP contribution is 2.31. The van der Waals surface area contributed by atoms with Gasteiger partial charge in [0.1, 0.15) is 5.82 Å². The molecule has 2 nitrogen and oxygen atoms in total. The molecule has 0 unspecified atom stereocenters. The smallest absolute Gasteiger partial charge is 0.189 e. The maximum absolute atomic E-state index is 13.4. The van der Waals surface area contributed by atoms with Crippen LogP contribution in [-0.2, 0) is 0 Å². The molecule has 3 aromatic rings. The third-order valence-electron chi connectivity index (χ3n) is 3.27. The first-order valence-corrected chi connectivity index (χ1v) is 8.57. The van der Waals surface area contributed by atoms with Gasteiger partial charge in [-0.1, -0.05) is 34.8 Å². The van der Waals surface area contributed by atoms with Crippen LogP contribution in [0, 0.1) is 5.82 Å². The molecule has 2 aromatic carbocycles. The van der Waals surface area contributed by atoms with Gasteiger partial charge >= 0.3 is 0 Å². The van der Waals surface area contributed by atoms with E-state index in [0.29, 0.717) is 10.0 Å². The summed E-state index contributed by atoms with van der Waals surface area (Å²) in [5.74, 6) is -0.456.